The van der Waals surface area contributed by atoms with Crippen molar-refractivity contribution >= 4 is 5.97 Å². The van der Waals surface area contributed by atoms with Crippen LogP contribution in [0.5, 0.6) is 0 Å². The molecule has 0 aliphatic carbocycles. The lowest BCUT2D eigenvalue weighted by Crippen LogP contribution is -2.20. The molecule has 0 aliphatic heterocycles. The first-order valence-electron chi connectivity index (χ1n) is 4.71. The van der Waals surface area contributed by atoms with Gasteiger partial charge in [-0.3, -0.25) is 9.69 Å². The highest BCUT2D eigenvalue weighted by Crippen LogP contribution is 1.97. The first-order valence-corrected chi connectivity index (χ1v) is 4.71. The van der Waals surface area contributed by atoms with Crippen LogP contribution in [0.25, 0.3) is 0 Å². The van der Waals surface area contributed by atoms with Crippen LogP contribution in [0, 0.1) is 0 Å². The number of hydrogen-bond acceptors (Lipinski definition) is 5. The maximum absolute atomic E-state index is 10.3. The Kier molecular flexibility index (Phi) is 4.17. The maximum atomic E-state index is 10.3. The van der Waals surface area contributed by atoms with E-state index in [1.165, 1.54) is 4.80 Å². The van der Waals surface area contributed by atoms with Gasteiger partial charge in [-0.2, -0.15) is 4.80 Å². The highest BCUT2D eigenvalue weighted by Gasteiger charge is 2.05. The van der Waals surface area contributed by atoms with Crippen LogP contribution in [-0.4, -0.2) is 49.8 Å². The van der Waals surface area contributed by atoms with Crippen LogP contribution in [-0.2, 0) is 18.4 Å². The fraction of sp³-hybridized carbons (Fsp3) is 0.750. The Morgan fingerprint density at radius 3 is 2.87 bits per heavy atom. The molecule has 0 aromatic carbocycles. The topological polar surface area (TPSA) is 84.1 Å². The molecule has 1 aromatic rings. The third-order valence-electron chi connectivity index (χ3n) is 1.89. The molecule has 0 radical (unpaired) electrons. The molecular weight excluding hydrogens is 198 g/mol. The zero-order valence-electron chi connectivity index (χ0n) is 8.92. The van der Waals surface area contributed by atoms with Gasteiger partial charge in [0.25, 0.3) is 0 Å². The largest absolute Gasteiger partial charge is 0.481 e. The zero-order valence-corrected chi connectivity index (χ0v) is 8.92. The predicted molar refractivity (Wildman–Crippen MR) is 52.0 cm³/mol. The van der Waals surface area contributed by atoms with Gasteiger partial charge >= 0.3 is 5.97 Å². The number of carboxylic acids is 1. The van der Waals surface area contributed by atoms with E-state index in [1.54, 1.807) is 7.05 Å². The Morgan fingerprint density at radius 2 is 2.33 bits per heavy atom. The first-order chi connectivity index (χ1) is 7.08. The minimum absolute atomic E-state index is 0.193. The number of aliphatic carboxylic acids is 1. The van der Waals surface area contributed by atoms with Crippen LogP contribution >= 0.6 is 0 Å². The van der Waals surface area contributed by atoms with E-state index in [9.17, 15) is 4.79 Å². The second-order valence-electron chi connectivity index (χ2n) is 3.43. The molecule has 15 heavy (non-hydrogen) atoms. The van der Waals surface area contributed by atoms with E-state index in [-0.39, 0.29) is 6.42 Å². The lowest BCUT2D eigenvalue weighted by molar-refractivity contribution is -0.137. The zero-order chi connectivity index (χ0) is 11.3. The summed E-state index contributed by atoms with van der Waals surface area (Å²) in [5.74, 6) is -0.114. The standard InChI is InChI=1S/C8H15N5O2/c1-12(5-3-4-8(14)15)6-7-9-11-13(2)10-7/h3-6H2,1-2H3,(H,14,15). The molecule has 1 aromatic heterocycles. The summed E-state index contributed by atoms with van der Waals surface area (Å²) in [6.07, 6.45) is 0.824. The van der Waals surface area contributed by atoms with E-state index in [0.29, 0.717) is 25.3 Å². The molecule has 1 rings (SSSR count). The molecule has 0 saturated heterocycles. The normalized spacial score (nSPS) is 10.9. The van der Waals surface area contributed by atoms with Crippen LogP contribution in [0.15, 0.2) is 0 Å². The van der Waals surface area contributed by atoms with Gasteiger partial charge in [0.05, 0.1) is 13.6 Å². The summed E-state index contributed by atoms with van der Waals surface area (Å²) in [6.45, 7) is 1.30. The van der Waals surface area contributed by atoms with Gasteiger partial charge in [-0.15, -0.1) is 10.2 Å². The molecule has 0 saturated carbocycles. The smallest absolute Gasteiger partial charge is 0.303 e. The second-order valence-corrected chi connectivity index (χ2v) is 3.43. The number of carbonyl (C=O) groups is 1. The molecule has 7 heteroatoms. The van der Waals surface area contributed by atoms with Crippen molar-refractivity contribution < 1.29 is 9.90 Å². The molecule has 0 bridgehead atoms. The number of aryl methyl sites for hydroxylation is 1. The van der Waals surface area contributed by atoms with E-state index in [1.807, 2.05) is 11.9 Å². The number of carboxylic acid groups (broad SMARTS) is 1. The van der Waals surface area contributed by atoms with Crippen LogP contribution in [0.1, 0.15) is 18.7 Å². The highest BCUT2D eigenvalue weighted by molar-refractivity contribution is 5.66. The summed E-state index contributed by atoms with van der Waals surface area (Å²) in [7, 11) is 3.61. The van der Waals surface area contributed by atoms with E-state index in [4.69, 9.17) is 5.11 Å². The average Bonchev–Trinajstić information content (AvgIpc) is 2.50. The Morgan fingerprint density at radius 1 is 1.60 bits per heavy atom. The molecule has 0 unspecified atom stereocenters. The highest BCUT2D eigenvalue weighted by atomic mass is 16.4. The Labute approximate surface area is 87.7 Å². The molecule has 7 nitrogen and oxygen atoms in total. The van der Waals surface area contributed by atoms with Gasteiger partial charge in [0.15, 0.2) is 5.82 Å². The molecule has 0 aliphatic rings. The molecule has 1 heterocycles. The molecule has 1 N–H and O–H groups in total. The summed E-state index contributed by atoms with van der Waals surface area (Å²) in [4.78, 5) is 13.7. The van der Waals surface area contributed by atoms with E-state index in [0.717, 1.165) is 0 Å². The summed E-state index contributed by atoms with van der Waals surface area (Å²) >= 11 is 0. The fourth-order valence-corrected chi connectivity index (χ4v) is 1.21. The van der Waals surface area contributed by atoms with Gasteiger partial charge < -0.3 is 5.11 Å². The van der Waals surface area contributed by atoms with Crippen molar-refractivity contribution in [2.45, 2.75) is 19.4 Å². The van der Waals surface area contributed by atoms with Crippen molar-refractivity contribution in [1.82, 2.24) is 25.1 Å². The van der Waals surface area contributed by atoms with Gasteiger partial charge in [0.2, 0.25) is 0 Å². The van der Waals surface area contributed by atoms with E-state index < -0.39 is 5.97 Å². The maximum Gasteiger partial charge on any atom is 0.303 e. The van der Waals surface area contributed by atoms with Crippen molar-refractivity contribution in [3.05, 3.63) is 5.82 Å². The number of tetrazole rings is 1. The predicted octanol–water partition coefficient (Wildman–Crippen LogP) is -0.493. The first kappa shape index (κ1) is 11.6. The van der Waals surface area contributed by atoms with E-state index in [2.05, 4.69) is 15.4 Å². The summed E-state index contributed by atoms with van der Waals surface area (Å²) in [6, 6.07) is 0. The van der Waals surface area contributed by atoms with Crippen LogP contribution in [0.4, 0.5) is 0 Å². The molecule has 0 spiro atoms. The van der Waals surface area contributed by atoms with Gasteiger partial charge in [0.1, 0.15) is 0 Å². The third kappa shape index (κ3) is 4.50. The Balaban J connectivity index is 2.24. The number of nitrogens with zero attached hydrogens (tertiary/aromatic N) is 5. The van der Waals surface area contributed by atoms with Gasteiger partial charge in [-0.1, -0.05) is 0 Å². The Hall–Kier alpha value is -1.50. The number of hydrogen-bond donors (Lipinski definition) is 1. The molecular formula is C8H15N5O2. The molecule has 0 atom stereocenters. The summed E-state index contributed by atoms with van der Waals surface area (Å²) < 4.78 is 0. The van der Waals surface area contributed by atoms with Crippen molar-refractivity contribution in [1.29, 1.82) is 0 Å². The summed E-state index contributed by atoms with van der Waals surface area (Å²) in [5.41, 5.74) is 0. The van der Waals surface area contributed by atoms with Gasteiger partial charge in [0, 0.05) is 6.42 Å². The van der Waals surface area contributed by atoms with Crippen molar-refractivity contribution in [2.75, 3.05) is 13.6 Å². The second kappa shape index (κ2) is 5.40. The fourth-order valence-electron chi connectivity index (χ4n) is 1.21. The van der Waals surface area contributed by atoms with Gasteiger partial charge in [-0.25, -0.2) is 0 Å². The lowest BCUT2D eigenvalue weighted by atomic mass is 10.3. The molecule has 0 amide bonds. The van der Waals surface area contributed by atoms with Crippen molar-refractivity contribution in [3.8, 4) is 0 Å². The minimum Gasteiger partial charge on any atom is -0.481 e. The molecule has 0 fully saturated rings. The monoisotopic (exact) mass is 213 g/mol. The van der Waals surface area contributed by atoms with Gasteiger partial charge in [-0.05, 0) is 25.2 Å². The van der Waals surface area contributed by atoms with Crippen LogP contribution in [0.3, 0.4) is 0 Å². The van der Waals surface area contributed by atoms with Crippen molar-refractivity contribution in [2.24, 2.45) is 7.05 Å². The van der Waals surface area contributed by atoms with Crippen molar-refractivity contribution in [3.63, 3.8) is 0 Å². The summed E-state index contributed by atoms with van der Waals surface area (Å²) in [5, 5.41) is 20.0. The molecule has 84 valence electrons. The average molecular weight is 213 g/mol. The third-order valence-corrected chi connectivity index (χ3v) is 1.89. The SMILES string of the molecule is CN(CCCC(=O)O)Cc1nnn(C)n1. The minimum atomic E-state index is -0.763. The lowest BCUT2D eigenvalue weighted by Gasteiger charge is -2.12. The number of rotatable bonds is 6. The van der Waals surface area contributed by atoms with E-state index >= 15 is 0 Å². The quantitative estimate of drug-likeness (QED) is 0.686. The Bertz CT molecular complexity index is 325. The van der Waals surface area contributed by atoms with Crippen LogP contribution < -0.4 is 0 Å². The van der Waals surface area contributed by atoms with Crippen LogP contribution in [0.2, 0.25) is 0 Å². The number of aromatic nitrogens is 4.